The molecule has 12 atom stereocenters. The average Bonchev–Trinajstić information content (AvgIpc) is 0.899. The molecular formula is C67H98N6O18. The van der Waals surface area contributed by atoms with E-state index >= 15 is 0 Å². The van der Waals surface area contributed by atoms with Crippen molar-refractivity contribution in [2.45, 2.75) is 175 Å². The van der Waals surface area contributed by atoms with Gasteiger partial charge in [-0.1, -0.05) is 108 Å². The Morgan fingerprint density at radius 1 is 0.527 bits per heavy atom. The third-order valence-electron chi connectivity index (χ3n) is 16.7. The second kappa shape index (κ2) is 37.1. The number of rotatable bonds is 20. The van der Waals surface area contributed by atoms with Crippen LogP contribution in [0.4, 0.5) is 9.59 Å². The molecule has 0 unspecified atom stereocenters. The molecule has 0 aromatic carbocycles. The number of aliphatic hydroxyl groups is 2. The molecular weight excluding hydrogens is 1180 g/mol. The maximum atomic E-state index is 14.5. The van der Waals surface area contributed by atoms with Crippen LogP contribution in [0.15, 0.2) is 116 Å². The zero-order valence-electron chi connectivity index (χ0n) is 55.3. The van der Waals surface area contributed by atoms with Crippen LogP contribution in [0.2, 0.25) is 0 Å². The van der Waals surface area contributed by atoms with E-state index in [1.54, 1.807) is 52.0 Å². The molecule has 2 aliphatic heterocycles. The Bertz CT molecular complexity index is 2770. The van der Waals surface area contributed by atoms with Gasteiger partial charge in [0.15, 0.2) is 23.7 Å². The summed E-state index contributed by atoms with van der Waals surface area (Å²) in [4.78, 5) is 110. The van der Waals surface area contributed by atoms with E-state index in [0.29, 0.717) is 24.0 Å². The molecule has 0 aromatic heterocycles. The fraction of sp³-hybridized carbons (Fsp3) is 0.582. The van der Waals surface area contributed by atoms with E-state index in [1.807, 2.05) is 13.8 Å². The molecule has 4 aliphatic rings. The molecule has 24 nitrogen and oxygen atoms in total. The Morgan fingerprint density at radius 2 is 0.868 bits per heavy atom. The van der Waals surface area contributed by atoms with Crippen LogP contribution in [0, 0.1) is 23.7 Å². The number of aliphatic hydroxyl groups excluding tert-OH is 2. The van der Waals surface area contributed by atoms with Gasteiger partial charge < -0.3 is 80.8 Å². The van der Waals surface area contributed by atoms with Crippen molar-refractivity contribution in [2.24, 2.45) is 35.1 Å². The van der Waals surface area contributed by atoms with Crippen molar-refractivity contribution < 1.29 is 86.5 Å². The Morgan fingerprint density at radius 3 is 1.18 bits per heavy atom. The average molecular weight is 1280 g/mol. The lowest BCUT2D eigenvalue weighted by atomic mass is 9.85. The molecule has 4 rings (SSSR count). The number of ether oxygens (including phenoxy) is 8. The Kier molecular flexibility index (Phi) is 31.0. The highest BCUT2D eigenvalue weighted by Crippen LogP contribution is 2.34. The normalized spacial score (nSPS) is 30.5. The van der Waals surface area contributed by atoms with Gasteiger partial charge in [-0.25, -0.2) is 9.59 Å². The number of ketones is 4. The lowest BCUT2D eigenvalue weighted by Gasteiger charge is -2.30. The number of carbonyl (C=O) groups excluding carboxylic acids is 8. The molecule has 2 heterocycles. The molecule has 504 valence electrons. The van der Waals surface area contributed by atoms with Crippen molar-refractivity contribution in [3.05, 3.63) is 116 Å². The van der Waals surface area contributed by atoms with Crippen LogP contribution in [0.5, 0.6) is 0 Å². The molecule has 0 fully saturated rings. The van der Waals surface area contributed by atoms with Gasteiger partial charge in [0.1, 0.15) is 35.0 Å². The molecule has 4 amide bonds. The topological polar surface area (TPSA) is 351 Å². The van der Waals surface area contributed by atoms with Gasteiger partial charge >= 0.3 is 12.2 Å². The molecule has 24 heteroatoms. The summed E-state index contributed by atoms with van der Waals surface area (Å²) in [5.41, 5.74) is 11.7. The number of hydrogen-bond donors (Lipinski definition) is 8. The van der Waals surface area contributed by atoms with Gasteiger partial charge in [0.2, 0.25) is 23.1 Å². The van der Waals surface area contributed by atoms with Gasteiger partial charge in [-0.05, 0) is 89.2 Å². The number of amides is 4. The largest absolute Gasteiger partial charge is 0.492 e. The number of unbranched alkanes of at least 4 members (excludes halogenated alkanes) is 6. The zero-order valence-corrected chi connectivity index (χ0v) is 55.3. The summed E-state index contributed by atoms with van der Waals surface area (Å²) in [6, 6.07) is 0. The summed E-state index contributed by atoms with van der Waals surface area (Å²) < 4.78 is 45.0. The first kappa shape index (κ1) is 76.0. The third-order valence-corrected chi connectivity index (χ3v) is 16.7. The number of carbonyl (C=O) groups is 8. The predicted octanol–water partition coefficient (Wildman–Crippen LogP) is 6.40. The number of Topliss-reactive ketones (excluding diaryl/α,β-unsaturated/α-hetero) is 4. The van der Waals surface area contributed by atoms with E-state index in [9.17, 15) is 48.6 Å². The van der Waals surface area contributed by atoms with Crippen molar-refractivity contribution in [1.82, 2.24) is 21.3 Å². The SMILES string of the molecule is COC1=C2C[C@@H](C)C[C@H](OC)[C@H](O)[C@@H](C)/C=C(\C)[C@H](OC(N)=O)[C@@H](OC)/C=C\C=C(/C)C(=O)NC(=C(NCCCCCCCCCNC3=C4NC(=O)/C(C)=C/C=C\[C@H](OC)[C@@H](OC(N)=O)/C(C)=C/[C@H](C)[C@@H](O)[C@@H](OC)C[C@H](C)CC(=C(OC)C3=O)C4=O)C1=O)C2=O. The molecule has 0 spiro atoms. The van der Waals surface area contributed by atoms with E-state index in [4.69, 9.17) is 49.4 Å². The molecule has 10 N–H and O–H groups in total. The van der Waals surface area contributed by atoms with Crippen LogP contribution in [0.1, 0.15) is 126 Å². The maximum absolute atomic E-state index is 14.5. The molecule has 4 bridgehead atoms. The lowest BCUT2D eigenvalue weighted by molar-refractivity contribution is -0.121. The molecule has 0 saturated carbocycles. The van der Waals surface area contributed by atoms with E-state index in [2.05, 4.69) is 21.3 Å². The van der Waals surface area contributed by atoms with Crippen LogP contribution in [0.3, 0.4) is 0 Å². The molecule has 0 aromatic rings. The quantitative estimate of drug-likeness (QED) is 0.0371. The van der Waals surface area contributed by atoms with Crippen molar-refractivity contribution >= 4 is 47.1 Å². The maximum Gasteiger partial charge on any atom is 0.405 e. The lowest BCUT2D eigenvalue weighted by Crippen LogP contribution is -2.40. The van der Waals surface area contributed by atoms with Crippen LogP contribution in [-0.4, -0.2) is 162 Å². The first-order valence-electron chi connectivity index (χ1n) is 31.0. The highest BCUT2D eigenvalue weighted by atomic mass is 16.6. The summed E-state index contributed by atoms with van der Waals surface area (Å²) in [6.45, 7) is 14.3. The van der Waals surface area contributed by atoms with Gasteiger partial charge in [0, 0.05) is 75.7 Å². The smallest absolute Gasteiger partial charge is 0.405 e. The summed E-state index contributed by atoms with van der Waals surface area (Å²) in [5, 5.41) is 34.7. The first-order valence-corrected chi connectivity index (χ1v) is 31.0. The summed E-state index contributed by atoms with van der Waals surface area (Å²) in [5.74, 6) is -5.83. The van der Waals surface area contributed by atoms with Gasteiger partial charge in [-0.3, -0.25) is 28.8 Å². The van der Waals surface area contributed by atoms with Crippen LogP contribution < -0.4 is 32.7 Å². The highest BCUT2D eigenvalue weighted by Gasteiger charge is 2.41. The number of primary amides is 2. The van der Waals surface area contributed by atoms with Crippen molar-refractivity contribution in [2.75, 3.05) is 55.7 Å². The van der Waals surface area contributed by atoms with Crippen molar-refractivity contribution in [3.63, 3.8) is 0 Å². The van der Waals surface area contributed by atoms with Crippen molar-refractivity contribution in [3.8, 4) is 0 Å². The van der Waals surface area contributed by atoms with E-state index in [1.165, 1.54) is 80.8 Å². The van der Waals surface area contributed by atoms with Crippen LogP contribution in [0.25, 0.3) is 0 Å². The van der Waals surface area contributed by atoms with Gasteiger partial charge in [-0.15, -0.1) is 0 Å². The van der Waals surface area contributed by atoms with Crippen LogP contribution >= 0.6 is 0 Å². The summed E-state index contributed by atoms with van der Waals surface area (Å²) >= 11 is 0. The number of allylic oxidation sites excluding steroid dienone is 6. The number of fused-ring (bicyclic) bond motifs is 4. The molecule has 0 saturated heterocycles. The molecule has 91 heavy (non-hydrogen) atoms. The molecule has 0 radical (unpaired) electrons. The van der Waals surface area contributed by atoms with E-state index in [-0.39, 0.29) is 107 Å². The highest BCUT2D eigenvalue weighted by molar-refractivity contribution is 6.26. The fourth-order valence-corrected chi connectivity index (χ4v) is 11.6. The molecule has 2 aliphatic carbocycles. The minimum absolute atomic E-state index is 0.0466. The minimum Gasteiger partial charge on any atom is -0.492 e. The third kappa shape index (κ3) is 21.3. The monoisotopic (exact) mass is 1270 g/mol. The van der Waals surface area contributed by atoms with Crippen molar-refractivity contribution in [1.29, 1.82) is 0 Å². The summed E-state index contributed by atoms with van der Waals surface area (Å²) in [7, 11) is 8.36. The fourth-order valence-electron chi connectivity index (χ4n) is 11.6. The number of nitrogens with two attached hydrogens (primary N) is 2. The number of methoxy groups -OCH3 is 6. The summed E-state index contributed by atoms with van der Waals surface area (Å²) in [6.07, 6.45) is 8.98. The Labute approximate surface area is 535 Å². The standard InChI is InChI=1S/C67H98N6O18/c1-36-30-44-56(76)52(72-64(80)38(3)24-22-26-46(84-9)60(90-66(68)82)42(7)34-40(5)54(74)48(32-36)86-11)50(58(78)62(44)88-13)70-28-20-18-16-15-17-19-21-29-71-51-53-57(77)45(63(89-14)59(51)79)31-37(2)33-49(87-12)55(75)41(6)35-43(8)61(91-67(69)83)47(85-10)27-23-25-39(4)65(81)73-53/h22-27,34-37,40-41,46-49,54-55,60-61,70-71,74-75H,15-21,28-33H2,1-14H3,(H2,68,82)(H2,69,83)(H,72,80)(H,73,81)/b26-22-,27-23-,38-24+,39-25+,42-34+,43-35+/t36-,37-,40+,41+,46+,47+,48+,49+,54-,55-,60+,61+/m1/s1. The Balaban J connectivity index is 1.49. The van der Waals surface area contributed by atoms with Crippen LogP contribution in [-0.2, 0) is 66.7 Å². The second-order valence-electron chi connectivity index (χ2n) is 23.8. The van der Waals surface area contributed by atoms with E-state index < -0.39 is 108 Å². The van der Waals surface area contributed by atoms with Gasteiger partial charge in [-0.2, -0.15) is 0 Å². The van der Waals surface area contributed by atoms with E-state index in [0.717, 1.165) is 32.1 Å². The predicted molar refractivity (Wildman–Crippen MR) is 339 cm³/mol. The second-order valence-corrected chi connectivity index (χ2v) is 23.8. The zero-order chi connectivity index (χ0) is 67.8. The number of hydrogen-bond acceptors (Lipinski definition) is 20. The minimum atomic E-state index is -1.05. The van der Waals surface area contributed by atoms with Gasteiger partial charge in [0.05, 0.1) is 38.6 Å². The first-order chi connectivity index (χ1) is 43.2. The Hall–Kier alpha value is -7.48. The number of nitrogens with one attached hydrogen (secondary N) is 4. The van der Waals surface area contributed by atoms with Gasteiger partial charge in [0.25, 0.3) is 11.8 Å².